The number of benzene rings is 1. The zero-order valence-electron chi connectivity index (χ0n) is 13.6. The summed E-state index contributed by atoms with van der Waals surface area (Å²) < 4.78 is 10.8. The quantitative estimate of drug-likeness (QED) is 0.888. The monoisotopic (exact) mass is 317 g/mol. The molecule has 0 aromatic heterocycles. The second kappa shape index (κ2) is 5.69. The number of hydrogen-bond acceptors (Lipinski definition) is 5. The van der Waals surface area contributed by atoms with Crippen molar-refractivity contribution in [3.63, 3.8) is 0 Å². The summed E-state index contributed by atoms with van der Waals surface area (Å²) in [6, 6.07) is 6.68. The number of carbonyl (C=O) groups is 1. The van der Waals surface area contributed by atoms with Crippen molar-refractivity contribution in [2.45, 2.75) is 25.0 Å². The molecule has 2 saturated heterocycles. The second-order valence-electron chi connectivity index (χ2n) is 6.74. The van der Waals surface area contributed by atoms with E-state index in [0.29, 0.717) is 18.8 Å². The number of rotatable bonds is 3. The van der Waals surface area contributed by atoms with Crippen molar-refractivity contribution in [1.29, 1.82) is 0 Å². The molecular weight excluding hydrogens is 294 g/mol. The Labute approximate surface area is 136 Å². The molecule has 0 spiro atoms. The number of carbonyl (C=O) groups excluding carboxylic acids is 1. The Kier molecular flexibility index (Phi) is 3.66. The second-order valence-corrected chi connectivity index (χ2v) is 6.74. The molecule has 23 heavy (non-hydrogen) atoms. The van der Waals surface area contributed by atoms with Gasteiger partial charge in [0.05, 0.1) is 6.04 Å². The van der Waals surface area contributed by atoms with Gasteiger partial charge in [-0.3, -0.25) is 14.6 Å². The molecule has 2 fully saturated rings. The maximum absolute atomic E-state index is 11.9. The zero-order chi connectivity index (χ0) is 16.0. The fourth-order valence-electron chi connectivity index (χ4n) is 4.20. The number of hydrogen-bond donors (Lipinski definition) is 1. The van der Waals surface area contributed by atoms with Crippen molar-refractivity contribution in [1.82, 2.24) is 15.1 Å². The maximum atomic E-state index is 11.9. The van der Waals surface area contributed by atoms with Gasteiger partial charge in [0.25, 0.3) is 0 Å². The van der Waals surface area contributed by atoms with Crippen LogP contribution in [0.15, 0.2) is 18.2 Å². The van der Waals surface area contributed by atoms with Gasteiger partial charge in [-0.2, -0.15) is 0 Å². The van der Waals surface area contributed by atoms with Crippen LogP contribution in [0.25, 0.3) is 0 Å². The maximum Gasteiger partial charge on any atom is 0.237 e. The first kappa shape index (κ1) is 14.8. The highest BCUT2D eigenvalue weighted by atomic mass is 16.7. The van der Waals surface area contributed by atoms with Gasteiger partial charge in [-0.05, 0) is 37.1 Å². The Hall–Kier alpha value is -1.79. The van der Waals surface area contributed by atoms with Gasteiger partial charge in [-0.25, -0.2) is 0 Å². The minimum absolute atomic E-state index is 0.0303. The third-order valence-corrected chi connectivity index (χ3v) is 5.42. The summed E-state index contributed by atoms with van der Waals surface area (Å²) in [5.74, 6) is 2.40. The average molecular weight is 317 g/mol. The van der Waals surface area contributed by atoms with Crippen LogP contribution in [-0.4, -0.2) is 61.8 Å². The molecule has 0 bridgehead atoms. The lowest BCUT2D eigenvalue weighted by Gasteiger charge is -2.25. The normalized spacial score (nSPS) is 29.7. The van der Waals surface area contributed by atoms with E-state index >= 15 is 0 Å². The van der Waals surface area contributed by atoms with E-state index < -0.39 is 0 Å². The van der Waals surface area contributed by atoms with Gasteiger partial charge < -0.3 is 14.8 Å². The molecular formula is C17H23N3O3. The van der Waals surface area contributed by atoms with Gasteiger partial charge in [0.15, 0.2) is 11.5 Å². The Bertz CT molecular complexity index is 621. The summed E-state index contributed by atoms with van der Waals surface area (Å²) in [4.78, 5) is 16.7. The molecule has 4 rings (SSSR count). The van der Waals surface area contributed by atoms with Crippen molar-refractivity contribution in [2.75, 3.05) is 34.0 Å². The van der Waals surface area contributed by atoms with E-state index in [1.807, 2.05) is 6.07 Å². The molecule has 3 heterocycles. The van der Waals surface area contributed by atoms with Crippen LogP contribution >= 0.6 is 0 Å². The molecule has 6 heteroatoms. The van der Waals surface area contributed by atoms with E-state index in [1.165, 1.54) is 5.56 Å². The fourth-order valence-corrected chi connectivity index (χ4v) is 4.20. The van der Waals surface area contributed by atoms with Gasteiger partial charge in [-0.1, -0.05) is 6.07 Å². The van der Waals surface area contributed by atoms with Gasteiger partial charge >= 0.3 is 0 Å². The molecule has 0 radical (unpaired) electrons. The highest BCUT2D eigenvalue weighted by Gasteiger charge is 2.46. The first-order valence-electron chi connectivity index (χ1n) is 8.20. The number of nitrogens with zero attached hydrogens (tertiary/aromatic N) is 2. The summed E-state index contributed by atoms with van der Waals surface area (Å²) in [6.07, 6.45) is 0.957. The first-order chi connectivity index (χ1) is 11.2. The van der Waals surface area contributed by atoms with Crippen molar-refractivity contribution in [3.8, 4) is 11.5 Å². The van der Waals surface area contributed by atoms with Crippen LogP contribution in [0.5, 0.6) is 11.5 Å². The lowest BCUT2D eigenvalue weighted by atomic mass is 10.0. The third-order valence-electron chi connectivity index (χ3n) is 5.42. The molecule has 1 aromatic carbocycles. The topological polar surface area (TPSA) is 54.0 Å². The summed E-state index contributed by atoms with van der Waals surface area (Å²) in [5, 5.41) is 2.78. The predicted octanol–water partition coefficient (Wildman–Crippen LogP) is 0.666. The van der Waals surface area contributed by atoms with Gasteiger partial charge in [0, 0.05) is 32.7 Å². The number of nitrogens with one attached hydrogen (secondary N) is 1. The van der Waals surface area contributed by atoms with Crippen LogP contribution in [0.1, 0.15) is 12.0 Å². The van der Waals surface area contributed by atoms with Gasteiger partial charge in [-0.15, -0.1) is 0 Å². The highest BCUT2D eigenvalue weighted by molar-refractivity contribution is 5.81. The number of likely N-dealkylation sites (tertiary alicyclic amines) is 2. The summed E-state index contributed by atoms with van der Waals surface area (Å²) >= 11 is 0. The number of ether oxygens (including phenoxy) is 2. The molecule has 0 unspecified atom stereocenters. The molecule has 1 aromatic rings. The predicted molar refractivity (Wildman–Crippen MR) is 85.4 cm³/mol. The smallest absolute Gasteiger partial charge is 0.237 e. The van der Waals surface area contributed by atoms with E-state index in [-0.39, 0.29) is 11.9 Å². The molecule has 3 atom stereocenters. The van der Waals surface area contributed by atoms with Gasteiger partial charge in [0.1, 0.15) is 0 Å². The molecule has 0 aliphatic carbocycles. The summed E-state index contributed by atoms with van der Waals surface area (Å²) in [6.45, 7) is 3.31. The van der Waals surface area contributed by atoms with Crippen molar-refractivity contribution in [2.24, 2.45) is 5.92 Å². The van der Waals surface area contributed by atoms with Crippen LogP contribution in [0.4, 0.5) is 0 Å². The van der Waals surface area contributed by atoms with Crippen LogP contribution in [0.3, 0.4) is 0 Å². The first-order valence-corrected chi connectivity index (χ1v) is 8.20. The molecule has 0 saturated carbocycles. The Morgan fingerprint density at radius 3 is 2.91 bits per heavy atom. The minimum Gasteiger partial charge on any atom is -0.454 e. The highest BCUT2D eigenvalue weighted by Crippen LogP contribution is 2.36. The van der Waals surface area contributed by atoms with E-state index in [1.54, 1.807) is 7.05 Å². The Balaban J connectivity index is 1.40. The number of fused-ring (bicyclic) bond motifs is 2. The SMILES string of the molecule is CNC(=O)[C@H]1C[C@@H]2CN(Cc3ccc4c(c3)OCO4)C[C@@H]2N1C. The van der Waals surface area contributed by atoms with E-state index in [9.17, 15) is 4.79 Å². The molecule has 1 amide bonds. The van der Waals surface area contributed by atoms with Crippen molar-refractivity contribution in [3.05, 3.63) is 23.8 Å². The lowest BCUT2D eigenvalue weighted by molar-refractivity contribution is -0.125. The molecule has 124 valence electrons. The number of likely N-dealkylation sites (N-methyl/N-ethyl adjacent to an activating group) is 2. The minimum atomic E-state index is 0.0303. The lowest BCUT2D eigenvalue weighted by Crippen LogP contribution is -2.44. The molecule has 1 N–H and O–H groups in total. The number of amides is 1. The molecule has 6 nitrogen and oxygen atoms in total. The van der Waals surface area contributed by atoms with Crippen LogP contribution in [0.2, 0.25) is 0 Å². The van der Waals surface area contributed by atoms with E-state index in [4.69, 9.17) is 9.47 Å². The standard InChI is InChI=1S/C17H23N3O3/c1-18-17(21)13-6-12-8-20(9-14(12)19(13)2)7-11-3-4-15-16(5-11)23-10-22-15/h3-5,12-14H,6-10H2,1-2H3,(H,18,21)/t12-,13-,14+/m1/s1. The molecule has 3 aliphatic heterocycles. The van der Waals surface area contributed by atoms with Crippen LogP contribution in [0, 0.1) is 5.92 Å². The molecule has 3 aliphatic rings. The Morgan fingerprint density at radius 1 is 1.30 bits per heavy atom. The van der Waals surface area contributed by atoms with Crippen LogP contribution in [-0.2, 0) is 11.3 Å². The van der Waals surface area contributed by atoms with Crippen LogP contribution < -0.4 is 14.8 Å². The third kappa shape index (κ3) is 2.56. The average Bonchev–Trinajstić information content (AvgIpc) is 3.23. The fraction of sp³-hybridized carbons (Fsp3) is 0.588. The van der Waals surface area contributed by atoms with Gasteiger partial charge in [0.2, 0.25) is 12.7 Å². The van der Waals surface area contributed by atoms with Crippen molar-refractivity contribution >= 4 is 5.91 Å². The Morgan fingerprint density at radius 2 is 2.13 bits per heavy atom. The largest absolute Gasteiger partial charge is 0.454 e. The van der Waals surface area contributed by atoms with Crippen molar-refractivity contribution < 1.29 is 14.3 Å². The zero-order valence-corrected chi connectivity index (χ0v) is 13.6. The summed E-state index contributed by atoms with van der Waals surface area (Å²) in [5.41, 5.74) is 1.25. The summed E-state index contributed by atoms with van der Waals surface area (Å²) in [7, 11) is 3.80. The van der Waals surface area contributed by atoms with E-state index in [0.717, 1.165) is 37.6 Å². The van der Waals surface area contributed by atoms with E-state index in [2.05, 4.69) is 34.3 Å².